The number of nitrogens with two attached hydrogens (primary N) is 1. The van der Waals surface area contributed by atoms with Gasteiger partial charge >= 0.3 is 12.2 Å². The number of rotatable bonds is 7. The van der Waals surface area contributed by atoms with Crippen molar-refractivity contribution < 1.29 is 36.3 Å². The van der Waals surface area contributed by atoms with Crippen molar-refractivity contribution in [2.75, 3.05) is 11.9 Å². The first-order valence-electron chi connectivity index (χ1n) is 12.1. The molecule has 0 aliphatic carbocycles. The number of pyridine rings is 1. The second-order valence-electron chi connectivity index (χ2n) is 9.87. The predicted molar refractivity (Wildman–Crippen MR) is 137 cm³/mol. The lowest BCUT2D eigenvalue weighted by Gasteiger charge is -2.27. The molecule has 3 aromatic rings. The highest BCUT2D eigenvalue weighted by molar-refractivity contribution is 7.19. The summed E-state index contributed by atoms with van der Waals surface area (Å²) in [7, 11) is 0. The molecule has 214 valence electrons. The first kappa shape index (κ1) is 29.3. The zero-order valence-electron chi connectivity index (χ0n) is 21.7. The molecule has 1 aliphatic heterocycles. The summed E-state index contributed by atoms with van der Waals surface area (Å²) in [4.78, 5) is 35.0. The smallest absolute Gasteiger partial charge is 0.371 e. The van der Waals surface area contributed by atoms with Gasteiger partial charge in [0.25, 0.3) is 0 Å². The Kier molecular flexibility index (Phi) is 8.13. The van der Waals surface area contributed by atoms with Gasteiger partial charge in [0, 0.05) is 24.7 Å². The lowest BCUT2D eigenvalue weighted by Crippen LogP contribution is -2.45. The highest BCUT2D eigenvalue weighted by Crippen LogP contribution is 2.41. The van der Waals surface area contributed by atoms with E-state index >= 15 is 0 Å². The Morgan fingerprint density at radius 3 is 2.62 bits per heavy atom. The number of likely N-dealkylation sites (tertiary alicyclic amines) is 1. The van der Waals surface area contributed by atoms with Crippen LogP contribution in [0.2, 0.25) is 0 Å². The fourth-order valence-electron chi connectivity index (χ4n) is 4.22. The quantitative estimate of drug-likeness (QED) is 0.367. The highest BCUT2D eigenvalue weighted by Gasteiger charge is 2.49. The summed E-state index contributed by atoms with van der Waals surface area (Å²) in [5.74, 6) is -2.83. The van der Waals surface area contributed by atoms with E-state index in [1.54, 1.807) is 13.0 Å². The number of halogens is 5. The van der Waals surface area contributed by atoms with Crippen molar-refractivity contribution in [3.8, 4) is 10.4 Å². The molecule has 2 aromatic heterocycles. The number of aromatic nitrogens is 2. The summed E-state index contributed by atoms with van der Waals surface area (Å²) < 4.78 is 73.7. The molecule has 3 heterocycles. The zero-order valence-corrected chi connectivity index (χ0v) is 22.5. The Labute approximate surface area is 230 Å². The van der Waals surface area contributed by atoms with Crippen LogP contribution < -0.4 is 11.1 Å². The van der Waals surface area contributed by atoms with E-state index < -0.39 is 47.3 Å². The predicted octanol–water partition coefficient (Wildman–Crippen LogP) is 5.31. The molecule has 0 spiro atoms. The van der Waals surface area contributed by atoms with Crippen molar-refractivity contribution in [3.05, 3.63) is 65.1 Å². The van der Waals surface area contributed by atoms with E-state index in [2.05, 4.69) is 15.3 Å². The van der Waals surface area contributed by atoms with Gasteiger partial charge in [-0.2, -0.15) is 13.2 Å². The molecule has 0 unspecified atom stereocenters. The van der Waals surface area contributed by atoms with Gasteiger partial charge in [-0.05, 0) is 44.5 Å². The maximum atomic E-state index is 14.0. The SMILES string of the molecule is Cc1nc(NC(=O)N2C[C@H](OCc3cccc(F)c3F)C[C@H]2C(N)=O)sc1-c1ccnc(C(C)(C)C(F)(F)F)c1. The lowest BCUT2D eigenvalue weighted by atomic mass is 9.87. The minimum absolute atomic E-state index is 0.0118. The lowest BCUT2D eigenvalue weighted by molar-refractivity contribution is -0.181. The number of aryl methyl sites for hydroxylation is 1. The van der Waals surface area contributed by atoms with Gasteiger partial charge in [0.15, 0.2) is 16.8 Å². The van der Waals surface area contributed by atoms with E-state index in [9.17, 15) is 31.5 Å². The number of carbonyl (C=O) groups is 2. The number of alkyl halides is 3. The molecule has 1 fully saturated rings. The van der Waals surface area contributed by atoms with Gasteiger partial charge in [-0.3, -0.25) is 15.1 Å². The summed E-state index contributed by atoms with van der Waals surface area (Å²) >= 11 is 1.04. The number of anilines is 1. The van der Waals surface area contributed by atoms with Crippen molar-refractivity contribution in [1.29, 1.82) is 0 Å². The summed E-state index contributed by atoms with van der Waals surface area (Å²) in [5.41, 5.74) is 4.05. The van der Waals surface area contributed by atoms with E-state index in [1.807, 2.05) is 0 Å². The minimum atomic E-state index is -4.51. The molecule has 1 aromatic carbocycles. The van der Waals surface area contributed by atoms with Gasteiger partial charge in [-0.25, -0.2) is 18.6 Å². The average Bonchev–Trinajstić information content (AvgIpc) is 3.48. The third-order valence-corrected chi connectivity index (χ3v) is 7.86. The molecule has 0 bridgehead atoms. The maximum absolute atomic E-state index is 14.0. The molecule has 1 aliphatic rings. The molecule has 8 nitrogen and oxygen atoms in total. The molecule has 0 radical (unpaired) electrons. The van der Waals surface area contributed by atoms with Crippen molar-refractivity contribution in [3.63, 3.8) is 0 Å². The Morgan fingerprint density at radius 1 is 1.23 bits per heavy atom. The van der Waals surface area contributed by atoms with Gasteiger partial charge in [-0.1, -0.05) is 23.5 Å². The first-order valence-corrected chi connectivity index (χ1v) is 12.9. The van der Waals surface area contributed by atoms with Crippen LogP contribution in [-0.4, -0.2) is 51.7 Å². The molecule has 4 rings (SSSR count). The van der Waals surface area contributed by atoms with Gasteiger partial charge < -0.3 is 15.4 Å². The van der Waals surface area contributed by atoms with Crippen LogP contribution in [0, 0.1) is 18.6 Å². The molecule has 3 amide bonds. The van der Waals surface area contributed by atoms with Crippen LogP contribution >= 0.6 is 11.3 Å². The number of thiazole rings is 1. The molecule has 14 heteroatoms. The fourth-order valence-corrected chi connectivity index (χ4v) is 5.17. The number of amides is 3. The molecular weight excluding hydrogens is 557 g/mol. The van der Waals surface area contributed by atoms with E-state index in [1.165, 1.54) is 29.3 Å². The summed E-state index contributed by atoms with van der Waals surface area (Å²) in [6, 6.07) is 4.86. The summed E-state index contributed by atoms with van der Waals surface area (Å²) in [6.45, 7) is 3.41. The largest absolute Gasteiger partial charge is 0.399 e. The van der Waals surface area contributed by atoms with Crippen LogP contribution in [-0.2, 0) is 21.6 Å². The number of nitrogens with zero attached hydrogens (tertiary/aromatic N) is 3. The number of hydrogen-bond donors (Lipinski definition) is 2. The van der Waals surface area contributed by atoms with Crippen molar-refractivity contribution in [2.24, 2.45) is 5.73 Å². The van der Waals surface area contributed by atoms with Crippen molar-refractivity contribution in [1.82, 2.24) is 14.9 Å². The van der Waals surface area contributed by atoms with Crippen LogP contribution in [0.4, 0.5) is 31.9 Å². The monoisotopic (exact) mass is 583 g/mol. The Hall–Kier alpha value is -3.65. The normalized spacial score (nSPS) is 17.8. The van der Waals surface area contributed by atoms with E-state index in [4.69, 9.17) is 10.5 Å². The number of urea groups is 1. The Morgan fingerprint density at radius 2 is 1.95 bits per heavy atom. The van der Waals surface area contributed by atoms with Gasteiger partial charge in [-0.15, -0.1) is 0 Å². The van der Waals surface area contributed by atoms with Gasteiger partial charge in [0.2, 0.25) is 5.91 Å². The van der Waals surface area contributed by atoms with E-state index in [-0.39, 0.29) is 36.0 Å². The van der Waals surface area contributed by atoms with Gasteiger partial charge in [0.1, 0.15) is 11.5 Å². The first-order chi connectivity index (χ1) is 18.7. The molecule has 3 N–H and O–H groups in total. The van der Waals surface area contributed by atoms with E-state index in [0.29, 0.717) is 16.1 Å². The molecule has 1 saturated heterocycles. The third kappa shape index (κ3) is 5.92. The Bertz CT molecular complexity index is 1430. The number of carbonyl (C=O) groups excluding carboxylic acids is 2. The van der Waals surface area contributed by atoms with Crippen LogP contribution in [0.1, 0.15) is 37.2 Å². The minimum Gasteiger partial charge on any atom is -0.371 e. The van der Waals surface area contributed by atoms with Crippen LogP contribution in [0.15, 0.2) is 36.5 Å². The zero-order chi connectivity index (χ0) is 29.4. The molecule has 2 atom stereocenters. The number of nitrogens with one attached hydrogen (secondary N) is 1. The summed E-state index contributed by atoms with van der Waals surface area (Å²) in [5, 5.41) is 2.76. The average molecular weight is 584 g/mol. The fraction of sp³-hybridized carbons (Fsp3) is 0.385. The second kappa shape index (κ2) is 11.1. The van der Waals surface area contributed by atoms with Crippen molar-refractivity contribution in [2.45, 2.75) is 57.5 Å². The summed E-state index contributed by atoms with van der Waals surface area (Å²) in [6.07, 6.45) is -3.85. The topological polar surface area (TPSA) is 110 Å². The third-order valence-electron chi connectivity index (χ3n) is 6.74. The second-order valence-corrected chi connectivity index (χ2v) is 10.9. The number of hydrogen-bond acceptors (Lipinski definition) is 6. The molecule has 40 heavy (non-hydrogen) atoms. The van der Waals surface area contributed by atoms with Crippen LogP contribution in [0.25, 0.3) is 10.4 Å². The highest BCUT2D eigenvalue weighted by atomic mass is 32.1. The number of primary amides is 1. The number of benzene rings is 1. The maximum Gasteiger partial charge on any atom is 0.399 e. The standard InChI is InChI=1S/C26H26F5N5O3S/c1-13-21(14-7-8-33-19(9-14)25(2,3)26(29,30)31)40-23(34-13)35-24(38)36-11-16(10-18(36)22(32)37)39-12-15-5-4-6-17(27)20(15)28/h4-9,16,18H,10-12H2,1-3H3,(H2,32,37)(H,34,35,38)/t16-,18+/m1/s1. The van der Waals surface area contributed by atoms with Crippen molar-refractivity contribution >= 4 is 28.4 Å². The van der Waals surface area contributed by atoms with Crippen LogP contribution in [0.5, 0.6) is 0 Å². The Balaban J connectivity index is 1.48. The number of ether oxygens (including phenoxy) is 1. The van der Waals surface area contributed by atoms with Crippen LogP contribution in [0.3, 0.4) is 0 Å². The molecule has 0 saturated carbocycles. The van der Waals surface area contributed by atoms with E-state index in [0.717, 1.165) is 31.3 Å². The molecular formula is C26H26F5N5O3S. The van der Waals surface area contributed by atoms with Gasteiger partial charge in [0.05, 0.1) is 29.0 Å².